The summed E-state index contributed by atoms with van der Waals surface area (Å²) in [6.07, 6.45) is 1.23. The number of halogens is 1. The molecule has 2 aromatic rings. The second-order valence-electron chi connectivity index (χ2n) is 5.07. The molecule has 0 fully saturated rings. The summed E-state index contributed by atoms with van der Waals surface area (Å²) in [7, 11) is 0. The van der Waals surface area contributed by atoms with E-state index in [1.165, 1.54) is 12.3 Å². The molecule has 0 saturated carbocycles. The topological polar surface area (TPSA) is 99.5 Å². The Kier molecular flexibility index (Phi) is 5.18. The Hall–Kier alpha value is -2.60. The van der Waals surface area contributed by atoms with Crippen molar-refractivity contribution in [1.29, 1.82) is 0 Å². The molecule has 0 bridgehead atoms. The normalized spacial score (nSPS) is 11.7. The molecule has 1 aromatic heterocycles. The molecule has 1 amide bonds. The van der Waals surface area contributed by atoms with Gasteiger partial charge >= 0.3 is 5.97 Å². The summed E-state index contributed by atoms with van der Waals surface area (Å²) >= 11 is 5.92. The number of hydrogen-bond donors (Lipinski definition) is 3. The van der Waals surface area contributed by atoms with Crippen LogP contribution in [0.3, 0.4) is 0 Å². The second kappa shape index (κ2) is 7.11. The number of hydrogen-bond acceptors (Lipinski definition) is 4. The SMILES string of the molecule is C[C@@H](CC(=O)O)NC(=O)c1ncc(-c2cccc(Cl)c2)cc1O. The highest BCUT2D eigenvalue weighted by molar-refractivity contribution is 6.30. The van der Waals surface area contributed by atoms with Crippen LogP contribution in [-0.2, 0) is 4.79 Å². The Bertz CT molecular complexity index is 749. The monoisotopic (exact) mass is 334 g/mol. The first-order chi connectivity index (χ1) is 10.9. The zero-order valence-electron chi connectivity index (χ0n) is 12.3. The number of pyridine rings is 1. The third kappa shape index (κ3) is 4.43. The molecule has 0 aliphatic heterocycles. The van der Waals surface area contributed by atoms with Crippen LogP contribution in [0.2, 0.25) is 5.02 Å². The number of nitrogens with one attached hydrogen (secondary N) is 1. The molecule has 1 aromatic carbocycles. The largest absolute Gasteiger partial charge is 0.505 e. The number of nitrogens with zero attached hydrogens (tertiary/aromatic N) is 1. The van der Waals surface area contributed by atoms with Gasteiger partial charge in [0.05, 0.1) is 6.42 Å². The highest BCUT2D eigenvalue weighted by Gasteiger charge is 2.17. The standard InChI is InChI=1S/C16H15ClN2O4/c1-9(5-14(21)22)19-16(23)15-13(20)7-11(8-18-15)10-3-2-4-12(17)6-10/h2-4,6-9,20H,5H2,1H3,(H,19,23)(H,21,22)/t9-/m0/s1. The number of carbonyl (C=O) groups is 2. The zero-order chi connectivity index (χ0) is 17.0. The van der Waals surface area contributed by atoms with Crippen LogP contribution in [0.4, 0.5) is 0 Å². The lowest BCUT2D eigenvalue weighted by atomic mass is 10.1. The third-order valence-electron chi connectivity index (χ3n) is 3.10. The highest BCUT2D eigenvalue weighted by atomic mass is 35.5. The molecule has 0 aliphatic carbocycles. The first-order valence-electron chi connectivity index (χ1n) is 6.84. The van der Waals surface area contributed by atoms with Crippen LogP contribution in [0.15, 0.2) is 36.5 Å². The molecule has 7 heteroatoms. The molecular weight excluding hydrogens is 320 g/mol. The first-order valence-corrected chi connectivity index (χ1v) is 7.22. The number of aromatic nitrogens is 1. The van der Waals surface area contributed by atoms with E-state index < -0.39 is 17.9 Å². The predicted molar refractivity (Wildman–Crippen MR) is 85.5 cm³/mol. The number of amides is 1. The summed E-state index contributed by atoms with van der Waals surface area (Å²) in [5.41, 5.74) is 1.21. The minimum Gasteiger partial charge on any atom is -0.505 e. The summed E-state index contributed by atoms with van der Waals surface area (Å²) < 4.78 is 0. The Labute approximate surface area is 137 Å². The van der Waals surface area contributed by atoms with Gasteiger partial charge in [-0.15, -0.1) is 0 Å². The van der Waals surface area contributed by atoms with Crippen LogP contribution in [0.5, 0.6) is 5.75 Å². The maximum atomic E-state index is 12.0. The van der Waals surface area contributed by atoms with Gasteiger partial charge in [0.1, 0.15) is 5.75 Å². The van der Waals surface area contributed by atoms with Crippen LogP contribution in [0, 0.1) is 0 Å². The fraction of sp³-hybridized carbons (Fsp3) is 0.188. The average Bonchev–Trinajstić information content (AvgIpc) is 2.45. The van der Waals surface area contributed by atoms with Gasteiger partial charge in [-0.1, -0.05) is 23.7 Å². The quantitative estimate of drug-likeness (QED) is 0.780. The van der Waals surface area contributed by atoms with Gasteiger partial charge in [0.2, 0.25) is 0 Å². The minimum absolute atomic E-state index is 0.159. The van der Waals surface area contributed by atoms with E-state index in [0.717, 1.165) is 5.56 Å². The third-order valence-corrected chi connectivity index (χ3v) is 3.33. The van der Waals surface area contributed by atoms with Crippen molar-refractivity contribution < 1.29 is 19.8 Å². The Morgan fingerprint density at radius 1 is 1.30 bits per heavy atom. The first kappa shape index (κ1) is 16.8. The van der Waals surface area contributed by atoms with Gasteiger partial charge in [-0.25, -0.2) is 4.98 Å². The number of aromatic hydroxyl groups is 1. The summed E-state index contributed by atoms with van der Waals surface area (Å²) in [6, 6.07) is 7.85. The van der Waals surface area contributed by atoms with E-state index in [9.17, 15) is 14.7 Å². The Balaban J connectivity index is 2.19. The predicted octanol–water partition coefficient (Wildman–Crippen LogP) is 2.70. The van der Waals surface area contributed by atoms with E-state index in [1.54, 1.807) is 31.2 Å². The van der Waals surface area contributed by atoms with Crippen molar-refractivity contribution in [3.05, 3.63) is 47.2 Å². The number of rotatable bonds is 5. The molecule has 3 N–H and O–H groups in total. The van der Waals surface area contributed by atoms with Gasteiger partial charge in [0, 0.05) is 22.8 Å². The highest BCUT2D eigenvalue weighted by Crippen LogP contribution is 2.26. The molecule has 2 rings (SSSR count). The molecule has 0 spiro atoms. The molecule has 0 radical (unpaired) electrons. The van der Waals surface area contributed by atoms with Crippen molar-refractivity contribution in [2.75, 3.05) is 0 Å². The van der Waals surface area contributed by atoms with Crippen molar-refractivity contribution in [2.45, 2.75) is 19.4 Å². The number of aliphatic carboxylic acids is 1. The second-order valence-corrected chi connectivity index (χ2v) is 5.51. The number of benzene rings is 1. The fourth-order valence-corrected chi connectivity index (χ4v) is 2.25. The van der Waals surface area contributed by atoms with Gasteiger partial charge < -0.3 is 15.5 Å². The van der Waals surface area contributed by atoms with Crippen LogP contribution in [-0.4, -0.2) is 33.1 Å². The van der Waals surface area contributed by atoms with Crippen LogP contribution >= 0.6 is 11.6 Å². The molecular formula is C16H15ClN2O4. The smallest absolute Gasteiger partial charge is 0.305 e. The summed E-state index contributed by atoms with van der Waals surface area (Å²) in [4.78, 5) is 26.6. The van der Waals surface area contributed by atoms with Gasteiger partial charge in [-0.2, -0.15) is 0 Å². The molecule has 0 saturated heterocycles. The lowest BCUT2D eigenvalue weighted by Crippen LogP contribution is -2.34. The van der Waals surface area contributed by atoms with E-state index >= 15 is 0 Å². The van der Waals surface area contributed by atoms with E-state index in [1.807, 2.05) is 0 Å². The lowest BCUT2D eigenvalue weighted by molar-refractivity contribution is -0.137. The maximum absolute atomic E-state index is 12.0. The maximum Gasteiger partial charge on any atom is 0.305 e. The lowest BCUT2D eigenvalue weighted by Gasteiger charge is -2.12. The minimum atomic E-state index is -1.02. The van der Waals surface area contributed by atoms with Crippen LogP contribution < -0.4 is 5.32 Å². The fourth-order valence-electron chi connectivity index (χ4n) is 2.06. The van der Waals surface area contributed by atoms with Crippen molar-refractivity contribution in [3.63, 3.8) is 0 Å². The van der Waals surface area contributed by atoms with Crippen molar-refractivity contribution in [3.8, 4) is 16.9 Å². The summed E-state index contributed by atoms with van der Waals surface area (Å²) in [5, 5.41) is 21.7. The van der Waals surface area contributed by atoms with Crippen molar-refractivity contribution >= 4 is 23.5 Å². The molecule has 1 atom stereocenters. The van der Waals surface area contributed by atoms with E-state index in [4.69, 9.17) is 16.7 Å². The van der Waals surface area contributed by atoms with E-state index in [-0.39, 0.29) is 17.9 Å². The van der Waals surface area contributed by atoms with Crippen LogP contribution in [0.1, 0.15) is 23.8 Å². The van der Waals surface area contributed by atoms with Gasteiger partial charge in [0.25, 0.3) is 5.91 Å². The van der Waals surface area contributed by atoms with E-state index in [2.05, 4.69) is 10.3 Å². The van der Waals surface area contributed by atoms with Gasteiger partial charge in [0.15, 0.2) is 5.69 Å². The summed E-state index contributed by atoms with van der Waals surface area (Å²) in [5.74, 6) is -1.94. The van der Waals surface area contributed by atoms with E-state index in [0.29, 0.717) is 10.6 Å². The molecule has 0 unspecified atom stereocenters. The number of carbonyl (C=O) groups excluding carboxylic acids is 1. The summed E-state index contributed by atoms with van der Waals surface area (Å²) in [6.45, 7) is 1.56. The molecule has 0 aliphatic rings. The van der Waals surface area contributed by atoms with Gasteiger partial charge in [-0.3, -0.25) is 9.59 Å². The molecule has 23 heavy (non-hydrogen) atoms. The average molecular weight is 335 g/mol. The molecule has 120 valence electrons. The number of carboxylic acids is 1. The zero-order valence-corrected chi connectivity index (χ0v) is 13.0. The molecule has 1 heterocycles. The molecule has 6 nitrogen and oxygen atoms in total. The van der Waals surface area contributed by atoms with Gasteiger partial charge in [-0.05, 0) is 30.7 Å². The Morgan fingerprint density at radius 3 is 2.65 bits per heavy atom. The van der Waals surface area contributed by atoms with Crippen LogP contribution in [0.25, 0.3) is 11.1 Å². The number of carboxylic acid groups (broad SMARTS) is 1. The van der Waals surface area contributed by atoms with Crippen molar-refractivity contribution in [2.24, 2.45) is 0 Å². The van der Waals surface area contributed by atoms with Crippen molar-refractivity contribution in [1.82, 2.24) is 10.3 Å². The Morgan fingerprint density at radius 2 is 2.04 bits per heavy atom.